The van der Waals surface area contributed by atoms with Crippen LogP contribution in [0.1, 0.15) is 13.3 Å². The van der Waals surface area contributed by atoms with Gasteiger partial charge in [-0.1, -0.05) is 15.9 Å². The Labute approximate surface area is 127 Å². The van der Waals surface area contributed by atoms with E-state index in [1.165, 1.54) is 0 Å². The highest BCUT2D eigenvalue weighted by atomic mass is 79.9. The van der Waals surface area contributed by atoms with Crippen LogP contribution >= 0.6 is 15.9 Å². The van der Waals surface area contributed by atoms with Gasteiger partial charge in [0.15, 0.2) is 0 Å². The Morgan fingerprint density at radius 2 is 1.95 bits per heavy atom. The summed E-state index contributed by atoms with van der Waals surface area (Å²) in [5, 5.41) is 2.80. The Bertz CT molecular complexity index is 448. The molecule has 0 radical (unpaired) electrons. The summed E-state index contributed by atoms with van der Waals surface area (Å²) in [7, 11) is 1.79. The van der Waals surface area contributed by atoms with Gasteiger partial charge in [0, 0.05) is 16.7 Å². The molecule has 0 saturated carbocycles. The lowest BCUT2D eigenvalue weighted by Crippen LogP contribution is -2.32. The molecular weight excluding hydrogens is 324 g/mol. The molecule has 0 unspecified atom stereocenters. The Morgan fingerprint density at radius 3 is 2.55 bits per heavy atom. The standard InChI is InChI=1S/C14H19BrN2O3/c1-3-20-14(19)8-9-17(2)10-13(18)16-12-6-4-11(15)5-7-12/h4-7H,3,8-10H2,1-2H3,(H,16,18). The van der Waals surface area contributed by atoms with E-state index in [0.29, 0.717) is 13.2 Å². The quantitative estimate of drug-likeness (QED) is 0.772. The number of esters is 1. The number of rotatable bonds is 7. The third-order valence-corrected chi connectivity index (χ3v) is 3.07. The summed E-state index contributed by atoms with van der Waals surface area (Å²) in [4.78, 5) is 24.8. The average Bonchev–Trinajstić information content (AvgIpc) is 2.39. The molecule has 1 N–H and O–H groups in total. The van der Waals surface area contributed by atoms with Crippen LogP contribution in [0.4, 0.5) is 5.69 Å². The van der Waals surface area contributed by atoms with Crippen LogP contribution in [0, 0.1) is 0 Å². The van der Waals surface area contributed by atoms with Gasteiger partial charge in [0.1, 0.15) is 0 Å². The predicted molar refractivity (Wildman–Crippen MR) is 81.5 cm³/mol. The van der Waals surface area contributed by atoms with Gasteiger partial charge in [-0.15, -0.1) is 0 Å². The topological polar surface area (TPSA) is 58.6 Å². The summed E-state index contributed by atoms with van der Waals surface area (Å²) in [5.74, 6) is -0.355. The SMILES string of the molecule is CCOC(=O)CCN(C)CC(=O)Nc1ccc(Br)cc1. The fourth-order valence-electron chi connectivity index (χ4n) is 1.57. The molecule has 0 atom stereocenters. The predicted octanol–water partition coefficient (Wildman–Crippen LogP) is 2.27. The molecule has 0 spiro atoms. The van der Waals surface area contributed by atoms with E-state index in [1.54, 1.807) is 18.9 Å². The van der Waals surface area contributed by atoms with Crippen LogP contribution in [0.15, 0.2) is 28.7 Å². The number of carbonyl (C=O) groups excluding carboxylic acids is 2. The van der Waals surface area contributed by atoms with Crippen LogP contribution in [0.25, 0.3) is 0 Å². The first kappa shape index (κ1) is 16.7. The fraction of sp³-hybridized carbons (Fsp3) is 0.429. The molecule has 1 aromatic carbocycles. The second-order valence-corrected chi connectivity index (χ2v) is 5.26. The van der Waals surface area contributed by atoms with Crippen molar-refractivity contribution in [3.63, 3.8) is 0 Å². The lowest BCUT2D eigenvalue weighted by Gasteiger charge is -2.15. The minimum atomic E-state index is -0.243. The van der Waals surface area contributed by atoms with Gasteiger partial charge in [-0.2, -0.15) is 0 Å². The van der Waals surface area contributed by atoms with E-state index in [1.807, 2.05) is 24.3 Å². The Morgan fingerprint density at radius 1 is 1.30 bits per heavy atom. The second kappa shape index (κ2) is 8.71. The second-order valence-electron chi connectivity index (χ2n) is 4.35. The summed E-state index contributed by atoms with van der Waals surface area (Å²) in [6.45, 7) is 2.88. The van der Waals surface area contributed by atoms with Gasteiger partial charge >= 0.3 is 5.97 Å². The molecular formula is C14H19BrN2O3. The molecule has 5 nitrogen and oxygen atoms in total. The summed E-state index contributed by atoms with van der Waals surface area (Å²) in [6.07, 6.45) is 0.288. The zero-order chi connectivity index (χ0) is 15.0. The van der Waals surface area contributed by atoms with Crippen LogP contribution < -0.4 is 5.32 Å². The molecule has 0 bridgehead atoms. The van der Waals surface area contributed by atoms with E-state index < -0.39 is 0 Å². The number of amides is 1. The lowest BCUT2D eigenvalue weighted by molar-refractivity contribution is -0.143. The van der Waals surface area contributed by atoms with Gasteiger partial charge in [-0.3, -0.25) is 14.5 Å². The third-order valence-electron chi connectivity index (χ3n) is 2.54. The zero-order valence-corrected chi connectivity index (χ0v) is 13.3. The zero-order valence-electron chi connectivity index (χ0n) is 11.7. The van der Waals surface area contributed by atoms with E-state index >= 15 is 0 Å². The molecule has 0 heterocycles. The maximum absolute atomic E-state index is 11.8. The number of hydrogen-bond donors (Lipinski definition) is 1. The molecule has 0 fully saturated rings. The molecule has 1 rings (SSSR count). The van der Waals surface area contributed by atoms with Crippen molar-refractivity contribution in [3.8, 4) is 0 Å². The van der Waals surface area contributed by atoms with Crippen LogP contribution in [-0.2, 0) is 14.3 Å². The third kappa shape index (κ3) is 6.68. The van der Waals surface area contributed by atoms with Crippen LogP contribution in [-0.4, -0.2) is 43.5 Å². The average molecular weight is 343 g/mol. The van der Waals surface area contributed by atoms with Crippen LogP contribution in [0.3, 0.4) is 0 Å². The van der Waals surface area contributed by atoms with Crippen molar-refractivity contribution >= 4 is 33.5 Å². The molecule has 0 aliphatic carbocycles. The Hall–Kier alpha value is -1.40. The number of halogens is 1. The highest BCUT2D eigenvalue weighted by Crippen LogP contribution is 2.13. The van der Waals surface area contributed by atoms with Crippen LogP contribution in [0.2, 0.25) is 0 Å². The molecule has 110 valence electrons. The molecule has 1 aromatic rings. The number of nitrogens with zero attached hydrogens (tertiary/aromatic N) is 1. The lowest BCUT2D eigenvalue weighted by atomic mass is 10.3. The molecule has 6 heteroatoms. The van der Waals surface area contributed by atoms with Crippen molar-refractivity contribution in [1.82, 2.24) is 4.90 Å². The van der Waals surface area contributed by atoms with Gasteiger partial charge in [-0.05, 0) is 38.2 Å². The largest absolute Gasteiger partial charge is 0.466 e. The van der Waals surface area contributed by atoms with Crippen molar-refractivity contribution in [2.75, 3.05) is 32.1 Å². The highest BCUT2D eigenvalue weighted by Gasteiger charge is 2.09. The van der Waals surface area contributed by atoms with E-state index in [9.17, 15) is 9.59 Å². The molecule has 1 amide bonds. The van der Waals surface area contributed by atoms with E-state index in [2.05, 4.69) is 21.2 Å². The first-order chi connectivity index (χ1) is 9.51. The number of hydrogen-bond acceptors (Lipinski definition) is 4. The smallest absolute Gasteiger partial charge is 0.307 e. The molecule has 0 aliphatic rings. The molecule has 20 heavy (non-hydrogen) atoms. The minimum absolute atomic E-state index is 0.112. The first-order valence-corrected chi connectivity index (χ1v) is 7.20. The van der Waals surface area contributed by atoms with Crippen LogP contribution in [0.5, 0.6) is 0 Å². The minimum Gasteiger partial charge on any atom is -0.466 e. The van der Waals surface area contributed by atoms with E-state index in [-0.39, 0.29) is 24.8 Å². The van der Waals surface area contributed by atoms with Gasteiger partial charge in [0.25, 0.3) is 0 Å². The Kier molecular flexibility index (Phi) is 7.25. The van der Waals surface area contributed by atoms with Crippen molar-refractivity contribution in [1.29, 1.82) is 0 Å². The molecule has 0 saturated heterocycles. The van der Waals surface area contributed by atoms with Gasteiger partial charge < -0.3 is 10.1 Å². The number of anilines is 1. The van der Waals surface area contributed by atoms with Crippen molar-refractivity contribution in [3.05, 3.63) is 28.7 Å². The van der Waals surface area contributed by atoms with Gasteiger partial charge in [0.2, 0.25) is 5.91 Å². The Balaban J connectivity index is 2.30. The summed E-state index contributed by atoms with van der Waals surface area (Å²) in [6, 6.07) is 7.36. The van der Waals surface area contributed by atoms with Crippen molar-refractivity contribution in [2.45, 2.75) is 13.3 Å². The summed E-state index contributed by atoms with van der Waals surface area (Å²) in [5.41, 5.74) is 0.747. The van der Waals surface area contributed by atoms with E-state index in [4.69, 9.17) is 4.74 Å². The number of nitrogens with one attached hydrogen (secondary N) is 1. The molecule has 0 aliphatic heterocycles. The maximum Gasteiger partial charge on any atom is 0.307 e. The number of carbonyl (C=O) groups is 2. The molecule has 0 aromatic heterocycles. The number of benzene rings is 1. The number of likely N-dealkylation sites (N-methyl/N-ethyl adjacent to an activating group) is 1. The maximum atomic E-state index is 11.8. The van der Waals surface area contributed by atoms with Gasteiger partial charge in [-0.25, -0.2) is 0 Å². The normalized spacial score (nSPS) is 10.4. The number of ether oxygens (including phenoxy) is 1. The summed E-state index contributed by atoms with van der Waals surface area (Å²) >= 11 is 3.33. The van der Waals surface area contributed by atoms with E-state index in [0.717, 1.165) is 10.2 Å². The van der Waals surface area contributed by atoms with Crippen molar-refractivity contribution < 1.29 is 14.3 Å². The first-order valence-electron chi connectivity index (χ1n) is 6.41. The highest BCUT2D eigenvalue weighted by molar-refractivity contribution is 9.10. The summed E-state index contributed by atoms with van der Waals surface area (Å²) < 4.78 is 5.79. The van der Waals surface area contributed by atoms with Crippen molar-refractivity contribution in [2.24, 2.45) is 0 Å². The monoisotopic (exact) mass is 342 g/mol. The fourth-order valence-corrected chi connectivity index (χ4v) is 1.84. The van der Waals surface area contributed by atoms with Gasteiger partial charge in [0.05, 0.1) is 19.6 Å².